The Morgan fingerprint density at radius 1 is 1.26 bits per heavy atom. The average molecular weight is 487 g/mol. The molecule has 1 fully saturated rings. The third kappa shape index (κ3) is 8.22. The molecule has 0 saturated carbocycles. The van der Waals surface area contributed by atoms with Gasteiger partial charge in [0.2, 0.25) is 5.91 Å². The molecule has 1 aromatic carbocycles. The number of benzene rings is 1. The lowest BCUT2D eigenvalue weighted by atomic mass is 10.1. The first-order valence-electron chi connectivity index (χ1n) is 11.5. The Hall–Kier alpha value is -2.77. The predicted molar refractivity (Wildman–Crippen MR) is 130 cm³/mol. The molecule has 0 unspecified atom stereocenters. The minimum atomic E-state index is -0.277. The summed E-state index contributed by atoms with van der Waals surface area (Å²) in [4.78, 5) is 23.0. The van der Waals surface area contributed by atoms with Crippen LogP contribution in [-0.4, -0.2) is 72.8 Å². The summed E-state index contributed by atoms with van der Waals surface area (Å²) in [5.41, 5.74) is 2.13. The summed E-state index contributed by atoms with van der Waals surface area (Å²) in [6, 6.07) is 5.52. The molecule has 2 aromatic rings. The number of nitrogens with zero attached hydrogens (tertiary/aromatic N) is 4. The fourth-order valence-corrected chi connectivity index (χ4v) is 3.77. The van der Waals surface area contributed by atoms with Crippen molar-refractivity contribution in [2.24, 2.45) is 0 Å². The second-order valence-corrected chi connectivity index (χ2v) is 8.70. The van der Waals surface area contributed by atoms with E-state index in [1.54, 1.807) is 6.07 Å². The second kappa shape index (κ2) is 13.2. The number of carbonyl (C=O) groups excluding carboxylic acids is 1. The molecule has 10 heteroatoms. The summed E-state index contributed by atoms with van der Waals surface area (Å²) in [5.74, 6) is 0.295. The van der Waals surface area contributed by atoms with Gasteiger partial charge in [0, 0.05) is 31.2 Å². The van der Waals surface area contributed by atoms with Gasteiger partial charge in [-0.25, -0.2) is 4.98 Å². The zero-order chi connectivity index (χ0) is 24.3. The fraction of sp³-hybridized carbons (Fsp3) is 0.500. The molecule has 0 radical (unpaired) electrons. The molecular formula is C24H31ClN6O3. The standard InChI is InChI=1S/C24H31ClN6O3/c1-17(2)34-23-11-18(3-4-27-5-6-31-7-9-33-10-8-31)21(25)13-22(23)30-24(32)12-19-15-29-20(14-26)16-28-19/h11,13,15-17,27H,3-10,12H2,1-2H3,(H,30,32). The molecule has 0 bridgehead atoms. The van der Waals surface area contributed by atoms with Crippen LogP contribution in [0.4, 0.5) is 5.69 Å². The smallest absolute Gasteiger partial charge is 0.230 e. The number of rotatable bonds is 11. The van der Waals surface area contributed by atoms with E-state index >= 15 is 0 Å². The summed E-state index contributed by atoms with van der Waals surface area (Å²) in [7, 11) is 0. The molecule has 3 rings (SSSR count). The van der Waals surface area contributed by atoms with Crippen LogP contribution in [0.5, 0.6) is 5.75 Å². The first-order valence-corrected chi connectivity index (χ1v) is 11.8. The number of carbonyl (C=O) groups is 1. The molecule has 0 aliphatic carbocycles. The molecule has 0 spiro atoms. The number of aromatic nitrogens is 2. The monoisotopic (exact) mass is 486 g/mol. The van der Waals surface area contributed by atoms with Gasteiger partial charge in [-0.05, 0) is 44.5 Å². The lowest BCUT2D eigenvalue weighted by Crippen LogP contribution is -2.40. The number of hydrogen-bond acceptors (Lipinski definition) is 8. The highest BCUT2D eigenvalue weighted by Crippen LogP contribution is 2.32. The number of nitriles is 1. The molecule has 1 aliphatic heterocycles. The zero-order valence-corrected chi connectivity index (χ0v) is 20.4. The molecule has 9 nitrogen and oxygen atoms in total. The van der Waals surface area contributed by atoms with Gasteiger partial charge in [0.1, 0.15) is 11.8 Å². The first-order chi connectivity index (χ1) is 16.4. The molecule has 182 valence electrons. The molecule has 1 aromatic heterocycles. The molecule has 2 N–H and O–H groups in total. The fourth-order valence-electron chi connectivity index (χ4n) is 3.51. The van der Waals surface area contributed by atoms with Crippen LogP contribution in [0.1, 0.15) is 30.8 Å². The molecule has 1 aliphatic rings. The minimum Gasteiger partial charge on any atom is -0.489 e. The van der Waals surface area contributed by atoms with Gasteiger partial charge in [-0.1, -0.05) is 11.6 Å². The number of amides is 1. The Balaban J connectivity index is 1.57. The van der Waals surface area contributed by atoms with E-state index in [1.165, 1.54) is 12.4 Å². The van der Waals surface area contributed by atoms with Crippen molar-refractivity contribution in [1.82, 2.24) is 20.2 Å². The van der Waals surface area contributed by atoms with Gasteiger partial charge in [0.25, 0.3) is 0 Å². The molecule has 34 heavy (non-hydrogen) atoms. The number of morpholine rings is 1. The van der Waals surface area contributed by atoms with Crippen LogP contribution < -0.4 is 15.4 Å². The molecular weight excluding hydrogens is 456 g/mol. The highest BCUT2D eigenvalue weighted by Gasteiger charge is 2.15. The summed E-state index contributed by atoms with van der Waals surface area (Å²) in [6.07, 6.45) is 3.46. The maximum absolute atomic E-state index is 12.6. The lowest BCUT2D eigenvalue weighted by Gasteiger charge is -2.26. The largest absolute Gasteiger partial charge is 0.489 e. The van der Waals surface area contributed by atoms with Crippen molar-refractivity contribution >= 4 is 23.2 Å². The maximum Gasteiger partial charge on any atom is 0.230 e. The van der Waals surface area contributed by atoms with Gasteiger partial charge in [-0.15, -0.1) is 0 Å². The molecule has 1 saturated heterocycles. The number of halogens is 1. The molecule has 0 atom stereocenters. The number of nitrogens with one attached hydrogen (secondary N) is 2. The van der Waals surface area contributed by atoms with Crippen molar-refractivity contribution < 1.29 is 14.3 Å². The Morgan fingerprint density at radius 2 is 2.06 bits per heavy atom. The number of ether oxygens (including phenoxy) is 2. The normalized spacial score (nSPS) is 14.1. The van der Waals surface area contributed by atoms with E-state index in [4.69, 9.17) is 26.3 Å². The van der Waals surface area contributed by atoms with E-state index in [1.807, 2.05) is 26.0 Å². The van der Waals surface area contributed by atoms with E-state index in [0.717, 1.165) is 57.9 Å². The van der Waals surface area contributed by atoms with Gasteiger partial charge in [0.05, 0.1) is 49.5 Å². The first kappa shape index (κ1) is 25.8. The van der Waals surface area contributed by atoms with E-state index in [9.17, 15) is 4.79 Å². The Bertz CT molecular complexity index is 987. The topological polar surface area (TPSA) is 112 Å². The van der Waals surface area contributed by atoms with Gasteiger partial charge >= 0.3 is 0 Å². The van der Waals surface area contributed by atoms with Crippen LogP contribution in [0, 0.1) is 11.3 Å². The second-order valence-electron chi connectivity index (χ2n) is 8.29. The third-order valence-corrected chi connectivity index (χ3v) is 5.58. The quantitative estimate of drug-likeness (QED) is 0.466. The van der Waals surface area contributed by atoms with Crippen LogP contribution in [0.15, 0.2) is 24.5 Å². The van der Waals surface area contributed by atoms with Crippen molar-refractivity contribution in [3.8, 4) is 11.8 Å². The summed E-state index contributed by atoms with van der Waals surface area (Å²) in [5, 5.41) is 15.7. The predicted octanol–water partition coefficient (Wildman–Crippen LogP) is 2.43. The van der Waals surface area contributed by atoms with Crippen molar-refractivity contribution in [3.63, 3.8) is 0 Å². The van der Waals surface area contributed by atoms with Crippen LogP contribution in [0.25, 0.3) is 0 Å². The van der Waals surface area contributed by atoms with Crippen LogP contribution >= 0.6 is 11.6 Å². The average Bonchev–Trinajstić information content (AvgIpc) is 2.82. The van der Waals surface area contributed by atoms with Crippen molar-refractivity contribution in [2.75, 3.05) is 51.3 Å². The van der Waals surface area contributed by atoms with Crippen LogP contribution in [0.2, 0.25) is 5.02 Å². The molecule has 2 heterocycles. The summed E-state index contributed by atoms with van der Waals surface area (Å²) < 4.78 is 11.3. The van der Waals surface area contributed by atoms with Crippen LogP contribution in [-0.2, 0) is 22.4 Å². The van der Waals surface area contributed by atoms with Crippen molar-refractivity contribution in [1.29, 1.82) is 5.26 Å². The van der Waals surface area contributed by atoms with Gasteiger partial charge < -0.3 is 20.1 Å². The van der Waals surface area contributed by atoms with Crippen LogP contribution in [0.3, 0.4) is 0 Å². The van der Waals surface area contributed by atoms with Gasteiger partial charge in [0.15, 0.2) is 5.69 Å². The third-order valence-electron chi connectivity index (χ3n) is 5.23. The summed E-state index contributed by atoms with van der Waals surface area (Å²) in [6.45, 7) is 10.1. The van der Waals surface area contributed by atoms with E-state index in [2.05, 4.69) is 25.5 Å². The Labute approximate surface area is 205 Å². The highest BCUT2D eigenvalue weighted by molar-refractivity contribution is 6.31. The van der Waals surface area contributed by atoms with Crippen molar-refractivity contribution in [3.05, 3.63) is 46.5 Å². The SMILES string of the molecule is CC(C)Oc1cc(CCNCCN2CCOCC2)c(Cl)cc1NC(=O)Cc1cnc(C#N)cn1. The van der Waals surface area contributed by atoms with E-state index in [0.29, 0.717) is 22.2 Å². The highest BCUT2D eigenvalue weighted by atomic mass is 35.5. The van der Waals surface area contributed by atoms with E-state index in [-0.39, 0.29) is 24.1 Å². The van der Waals surface area contributed by atoms with Gasteiger partial charge in [-0.2, -0.15) is 5.26 Å². The summed E-state index contributed by atoms with van der Waals surface area (Å²) >= 11 is 6.54. The maximum atomic E-state index is 12.6. The zero-order valence-electron chi connectivity index (χ0n) is 19.6. The van der Waals surface area contributed by atoms with Gasteiger partial charge in [-0.3, -0.25) is 14.7 Å². The number of hydrogen-bond donors (Lipinski definition) is 2. The Morgan fingerprint density at radius 3 is 2.74 bits per heavy atom. The molecule has 1 amide bonds. The van der Waals surface area contributed by atoms with E-state index < -0.39 is 0 Å². The number of anilines is 1. The Kier molecular flexibility index (Phi) is 10.0. The van der Waals surface area contributed by atoms with Crippen molar-refractivity contribution in [2.45, 2.75) is 32.8 Å². The lowest BCUT2D eigenvalue weighted by molar-refractivity contribution is -0.115. The minimum absolute atomic E-state index is 0.0201.